The predicted molar refractivity (Wildman–Crippen MR) is 88.7 cm³/mol. The molecule has 1 heterocycles. The van der Waals surface area contributed by atoms with E-state index in [1.807, 2.05) is 24.3 Å². The fraction of sp³-hybridized carbons (Fsp3) is 0.312. The van der Waals surface area contributed by atoms with E-state index < -0.39 is 6.03 Å². The van der Waals surface area contributed by atoms with E-state index in [4.69, 9.17) is 5.73 Å². The van der Waals surface area contributed by atoms with Gasteiger partial charge in [-0.3, -0.25) is 0 Å². The lowest BCUT2D eigenvalue weighted by atomic mass is 10.1. The highest BCUT2D eigenvalue weighted by Crippen LogP contribution is 2.17. The van der Waals surface area contributed by atoms with E-state index in [2.05, 4.69) is 41.3 Å². The number of thiophene rings is 1. The summed E-state index contributed by atoms with van der Waals surface area (Å²) in [5.74, 6) is 0. The van der Waals surface area contributed by atoms with Gasteiger partial charge in [-0.15, -0.1) is 0 Å². The van der Waals surface area contributed by atoms with Crippen LogP contribution >= 0.6 is 11.3 Å². The van der Waals surface area contributed by atoms with Crippen LogP contribution in [0.5, 0.6) is 0 Å². The average Bonchev–Trinajstić information content (AvgIpc) is 2.91. The van der Waals surface area contributed by atoms with Crippen LogP contribution in [0.15, 0.2) is 41.1 Å². The van der Waals surface area contributed by atoms with Crippen LogP contribution in [0.4, 0.5) is 10.5 Å². The highest BCUT2D eigenvalue weighted by Gasteiger charge is 2.10. The lowest BCUT2D eigenvalue weighted by molar-refractivity contribution is 0.259. The van der Waals surface area contributed by atoms with Gasteiger partial charge in [0.1, 0.15) is 0 Å². The molecule has 0 saturated carbocycles. The Hall–Kier alpha value is -1.85. The molecule has 0 radical (unpaired) electrons. The van der Waals surface area contributed by atoms with E-state index in [0.29, 0.717) is 11.7 Å². The van der Waals surface area contributed by atoms with Gasteiger partial charge in [-0.2, -0.15) is 11.3 Å². The number of nitrogens with one attached hydrogen (secondary N) is 2. The first kappa shape index (κ1) is 15.5. The van der Waals surface area contributed by atoms with Gasteiger partial charge in [0.15, 0.2) is 0 Å². The van der Waals surface area contributed by atoms with Crippen molar-refractivity contribution in [1.29, 1.82) is 0 Å². The summed E-state index contributed by atoms with van der Waals surface area (Å²) >= 11 is 1.73. The number of carbonyl (C=O) groups is 1. The van der Waals surface area contributed by atoms with Crippen LogP contribution < -0.4 is 16.4 Å². The zero-order valence-corrected chi connectivity index (χ0v) is 13.1. The second-order valence-corrected chi connectivity index (χ2v) is 6.02. The summed E-state index contributed by atoms with van der Waals surface area (Å²) in [4.78, 5) is 10.8. The molecule has 2 amide bonds. The molecule has 2 aromatic rings. The summed E-state index contributed by atoms with van der Waals surface area (Å²) in [5, 5.41) is 10.4. The van der Waals surface area contributed by atoms with Gasteiger partial charge in [-0.05, 0) is 60.4 Å². The zero-order chi connectivity index (χ0) is 15.2. The second-order valence-electron chi connectivity index (χ2n) is 5.24. The van der Waals surface area contributed by atoms with Gasteiger partial charge in [0.25, 0.3) is 0 Å². The molecule has 0 aliphatic carbocycles. The molecule has 0 saturated heterocycles. The molecule has 0 fully saturated rings. The van der Waals surface area contributed by atoms with Crippen LogP contribution in [-0.2, 0) is 6.42 Å². The van der Waals surface area contributed by atoms with Gasteiger partial charge in [0, 0.05) is 17.8 Å². The number of anilines is 1. The molecule has 2 atom stereocenters. The Labute approximate surface area is 129 Å². The van der Waals surface area contributed by atoms with Crippen LogP contribution in [-0.4, -0.2) is 12.1 Å². The molecule has 0 aliphatic heterocycles. The Kier molecular flexibility index (Phi) is 5.36. The van der Waals surface area contributed by atoms with Crippen LogP contribution in [0.3, 0.4) is 0 Å². The van der Waals surface area contributed by atoms with Crippen molar-refractivity contribution in [2.75, 3.05) is 5.32 Å². The average molecular weight is 303 g/mol. The van der Waals surface area contributed by atoms with E-state index in [1.165, 1.54) is 11.1 Å². The third-order valence-corrected chi connectivity index (χ3v) is 4.07. The summed E-state index contributed by atoms with van der Waals surface area (Å²) in [6.45, 7) is 4.33. The summed E-state index contributed by atoms with van der Waals surface area (Å²) in [5.41, 5.74) is 8.36. The number of hydrogen-bond acceptors (Lipinski definition) is 3. The quantitative estimate of drug-likeness (QED) is 0.764. The molecular weight excluding hydrogens is 282 g/mol. The first-order valence-corrected chi connectivity index (χ1v) is 7.92. The first-order valence-electron chi connectivity index (χ1n) is 6.98. The molecule has 0 aliphatic rings. The SMILES string of the molecule is CC(Cc1ccsc1)NC(C)c1ccc(NC(N)=O)cc1. The van der Waals surface area contributed by atoms with E-state index in [1.54, 1.807) is 11.3 Å². The number of urea groups is 1. The van der Waals surface area contributed by atoms with Crippen molar-refractivity contribution in [1.82, 2.24) is 5.32 Å². The Balaban J connectivity index is 1.90. The maximum absolute atomic E-state index is 10.8. The highest BCUT2D eigenvalue weighted by molar-refractivity contribution is 7.07. The summed E-state index contributed by atoms with van der Waals surface area (Å²) in [6.07, 6.45) is 1.02. The van der Waals surface area contributed by atoms with Gasteiger partial charge < -0.3 is 16.4 Å². The number of primary amides is 1. The Morgan fingerprint density at radius 2 is 1.95 bits per heavy atom. The molecule has 0 spiro atoms. The number of benzene rings is 1. The first-order chi connectivity index (χ1) is 10.0. The lowest BCUT2D eigenvalue weighted by Gasteiger charge is -2.20. The molecule has 2 unspecified atom stereocenters. The molecular formula is C16H21N3OS. The number of hydrogen-bond donors (Lipinski definition) is 3. The lowest BCUT2D eigenvalue weighted by Crippen LogP contribution is -2.30. The molecule has 4 nitrogen and oxygen atoms in total. The van der Waals surface area contributed by atoms with Crippen LogP contribution in [0.1, 0.15) is 31.0 Å². The molecule has 112 valence electrons. The fourth-order valence-corrected chi connectivity index (χ4v) is 3.02. The zero-order valence-electron chi connectivity index (χ0n) is 12.3. The third kappa shape index (κ3) is 4.88. The van der Waals surface area contributed by atoms with Gasteiger partial charge in [-0.25, -0.2) is 4.79 Å². The summed E-state index contributed by atoms with van der Waals surface area (Å²) < 4.78 is 0. The minimum Gasteiger partial charge on any atom is -0.351 e. The molecule has 5 heteroatoms. The molecule has 1 aromatic carbocycles. The maximum atomic E-state index is 10.8. The van der Waals surface area contributed by atoms with Crippen molar-refractivity contribution in [3.63, 3.8) is 0 Å². The minimum atomic E-state index is -0.543. The Morgan fingerprint density at radius 3 is 2.52 bits per heavy atom. The highest BCUT2D eigenvalue weighted by atomic mass is 32.1. The van der Waals surface area contributed by atoms with Crippen molar-refractivity contribution in [3.05, 3.63) is 52.2 Å². The van der Waals surface area contributed by atoms with E-state index in [9.17, 15) is 4.79 Å². The van der Waals surface area contributed by atoms with Crippen LogP contribution in [0.25, 0.3) is 0 Å². The molecule has 1 aromatic heterocycles. The van der Waals surface area contributed by atoms with Gasteiger partial charge in [-0.1, -0.05) is 12.1 Å². The van der Waals surface area contributed by atoms with E-state index >= 15 is 0 Å². The fourth-order valence-electron chi connectivity index (χ4n) is 2.34. The van der Waals surface area contributed by atoms with E-state index in [0.717, 1.165) is 6.42 Å². The van der Waals surface area contributed by atoms with Crippen LogP contribution in [0, 0.1) is 0 Å². The molecule has 2 rings (SSSR count). The number of rotatable bonds is 6. The third-order valence-electron chi connectivity index (χ3n) is 3.33. The topological polar surface area (TPSA) is 67.2 Å². The van der Waals surface area contributed by atoms with E-state index in [-0.39, 0.29) is 6.04 Å². The number of amides is 2. The van der Waals surface area contributed by atoms with Crippen molar-refractivity contribution in [2.45, 2.75) is 32.4 Å². The standard InChI is InChI=1S/C16H21N3OS/c1-11(9-13-7-8-21-10-13)18-12(2)14-3-5-15(6-4-14)19-16(17)20/h3-8,10-12,18H,9H2,1-2H3,(H3,17,19,20). The van der Waals surface area contributed by atoms with Crippen molar-refractivity contribution in [3.8, 4) is 0 Å². The van der Waals surface area contributed by atoms with Crippen LogP contribution in [0.2, 0.25) is 0 Å². The molecule has 4 N–H and O–H groups in total. The number of carbonyl (C=O) groups excluding carboxylic acids is 1. The van der Waals surface area contributed by atoms with Gasteiger partial charge >= 0.3 is 6.03 Å². The smallest absolute Gasteiger partial charge is 0.316 e. The van der Waals surface area contributed by atoms with Gasteiger partial charge in [0.2, 0.25) is 0 Å². The minimum absolute atomic E-state index is 0.251. The van der Waals surface area contributed by atoms with Crippen molar-refractivity contribution >= 4 is 23.1 Å². The molecule has 21 heavy (non-hydrogen) atoms. The molecule has 0 bridgehead atoms. The monoisotopic (exact) mass is 303 g/mol. The van der Waals surface area contributed by atoms with Crippen molar-refractivity contribution in [2.24, 2.45) is 5.73 Å². The second kappa shape index (κ2) is 7.24. The predicted octanol–water partition coefficient (Wildman–Crippen LogP) is 3.52. The maximum Gasteiger partial charge on any atom is 0.316 e. The largest absolute Gasteiger partial charge is 0.351 e. The normalized spacial score (nSPS) is 13.6. The van der Waals surface area contributed by atoms with Crippen molar-refractivity contribution < 1.29 is 4.79 Å². The Bertz CT molecular complexity index is 566. The van der Waals surface area contributed by atoms with Gasteiger partial charge in [0.05, 0.1) is 0 Å². The Morgan fingerprint density at radius 1 is 1.24 bits per heavy atom. The number of nitrogens with two attached hydrogens (primary N) is 1. The summed E-state index contributed by atoms with van der Waals surface area (Å²) in [6, 6.07) is 10.00. The summed E-state index contributed by atoms with van der Waals surface area (Å²) in [7, 11) is 0.